The average Bonchev–Trinajstić information content (AvgIpc) is 2.95. The van der Waals surface area contributed by atoms with Gasteiger partial charge >= 0.3 is 0 Å². The monoisotopic (exact) mass is 308 g/mol. The summed E-state index contributed by atoms with van der Waals surface area (Å²) in [4.78, 5) is 12.3. The van der Waals surface area contributed by atoms with Gasteiger partial charge in [0.25, 0.3) is 5.91 Å². The van der Waals surface area contributed by atoms with Gasteiger partial charge in [0.1, 0.15) is 16.5 Å². The molecule has 0 atom stereocenters. The normalized spacial score (nSPS) is 10.2. The summed E-state index contributed by atoms with van der Waals surface area (Å²) in [5.41, 5.74) is 6.44. The first-order valence-electron chi connectivity index (χ1n) is 6.24. The number of rotatable bonds is 5. The summed E-state index contributed by atoms with van der Waals surface area (Å²) in [7, 11) is 2.98. The Morgan fingerprint density at radius 2 is 2.10 bits per heavy atom. The summed E-state index contributed by atoms with van der Waals surface area (Å²) in [5.74, 6) is 0.479. The van der Waals surface area contributed by atoms with Crippen molar-refractivity contribution < 1.29 is 14.3 Å². The maximum atomic E-state index is 12.3. The molecule has 0 unspecified atom stereocenters. The SMILES string of the molecule is CCc1nnc(NC(=O)c2cc(OC)cc(OC)c2N)s1. The molecule has 1 amide bonds. The zero-order valence-electron chi connectivity index (χ0n) is 12.0. The van der Waals surface area contributed by atoms with Crippen LogP contribution in [0.5, 0.6) is 11.5 Å². The number of anilines is 2. The number of aromatic nitrogens is 2. The number of amides is 1. The van der Waals surface area contributed by atoms with Crippen LogP contribution in [0.15, 0.2) is 12.1 Å². The smallest absolute Gasteiger partial charge is 0.259 e. The Kier molecular flexibility index (Phi) is 4.59. The molecular weight excluding hydrogens is 292 g/mol. The molecular formula is C13H16N4O3S. The molecule has 0 aliphatic rings. The van der Waals surface area contributed by atoms with Gasteiger partial charge in [0.05, 0.1) is 25.5 Å². The number of methoxy groups -OCH3 is 2. The number of carbonyl (C=O) groups is 1. The number of nitrogens with one attached hydrogen (secondary N) is 1. The maximum absolute atomic E-state index is 12.3. The Morgan fingerprint density at radius 1 is 1.33 bits per heavy atom. The van der Waals surface area contributed by atoms with Crippen LogP contribution >= 0.6 is 11.3 Å². The molecule has 2 rings (SSSR count). The number of carbonyl (C=O) groups excluding carboxylic acids is 1. The molecule has 1 heterocycles. The Bertz CT molecular complexity index is 657. The molecule has 21 heavy (non-hydrogen) atoms. The van der Waals surface area contributed by atoms with Crippen molar-refractivity contribution in [3.8, 4) is 11.5 Å². The molecule has 3 N–H and O–H groups in total. The van der Waals surface area contributed by atoms with Crippen LogP contribution in [-0.4, -0.2) is 30.3 Å². The minimum Gasteiger partial charge on any atom is -0.497 e. The summed E-state index contributed by atoms with van der Waals surface area (Å²) >= 11 is 1.32. The van der Waals surface area contributed by atoms with E-state index in [0.717, 1.165) is 11.4 Å². The van der Waals surface area contributed by atoms with E-state index in [2.05, 4.69) is 15.5 Å². The highest BCUT2D eigenvalue weighted by atomic mass is 32.1. The lowest BCUT2D eigenvalue weighted by Crippen LogP contribution is -2.14. The van der Waals surface area contributed by atoms with E-state index in [1.54, 1.807) is 12.1 Å². The summed E-state index contributed by atoms with van der Waals surface area (Å²) < 4.78 is 10.3. The number of benzene rings is 1. The van der Waals surface area contributed by atoms with Crippen LogP contribution in [0.3, 0.4) is 0 Å². The van der Waals surface area contributed by atoms with Gasteiger partial charge in [-0.05, 0) is 12.5 Å². The zero-order valence-corrected chi connectivity index (χ0v) is 12.8. The lowest BCUT2D eigenvalue weighted by molar-refractivity contribution is 0.102. The number of aryl methyl sites for hydroxylation is 1. The number of hydrogen-bond acceptors (Lipinski definition) is 7. The van der Waals surface area contributed by atoms with E-state index >= 15 is 0 Å². The molecule has 0 radical (unpaired) electrons. The molecule has 1 aromatic carbocycles. The number of nitrogens with zero attached hydrogens (tertiary/aromatic N) is 2. The molecule has 7 nitrogen and oxygen atoms in total. The van der Waals surface area contributed by atoms with E-state index in [0.29, 0.717) is 16.6 Å². The van der Waals surface area contributed by atoms with Crippen LogP contribution in [-0.2, 0) is 6.42 Å². The lowest BCUT2D eigenvalue weighted by atomic mass is 10.1. The molecule has 0 bridgehead atoms. The van der Waals surface area contributed by atoms with E-state index in [1.165, 1.54) is 25.6 Å². The van der Waals surface area contributed by atoms with Crippen molar-refractivity contribution >= 4 is 28.1 Å². The minimum atomic E-state index is -0.386. The molecule has 112 valence electrons. The van der Waals surface area contributed by atoms with Gasteiger partial charge in [0, 0.05) is 6.07 Å². The summed E-state index contributed by atoms with van der Waals surface area (Å²) in [6.45, 7) is 1.97. The summed E-state index contributed by atoms with van der Waals surface area (Å²) in [6, 6.07) is 3.17. The van der Waals surface area contributed by atoms with E-state index in [4.69, 9.17) is 15.2 Å². The Hall–Kier alpha value is -2.35. The van der Waals surface area contributed by atoms with E-state index in [-0.39, 0.29) is 17.2 Å². The van der Waals surface area contributed by atoms with Gasteiger partial charge in [-0.25, -0.2) is 0 Å². The fourth-order valence-electron chi connectivity index (χ4n) is 1.69. The van der Waals surface area contributed by atoms with Crippen LogP contribution in [0.2, 0.25) is 0 Å². The Balaban J connectivity index is 2.29. The topological polar surface area (TPSA) is 99.4 Å². The second-order valence-electron chi connectivity index (χ2n) is 4.10. The van der Waals surface area contributed by atoms with E-state index in [9.17, 15) is 4.79 Å². The quantitative estimate of drug-likeness (QED) is 0.819. The first kappa shape index (κ1) is 15.0. The van der Waals surface area contributed by atoms with Crippen molar-refractivity contribution in [2.45, 2.75) is 13.3 Å². The fraction of sp³-hybridized carbons (Fsp3) is 0.308. The summed E-state index contributed by atoms with van der Waals surface area (Å²) in [5, 5.41) is 11.8. The van der Waals surface area contributed by atoms with Crippen molar-refractivity contribution in [2.75, 3.05) is 25.3 Å². The fourth-order valence-corrected chi connectivity index (χ4v) is 2.36. The average molecular weight is 308 g/mol. The van der Waals surface area contributed by atoms with Crippen LogP contribution in [0, 0.1) is 0 Å². The van der Waals surface area contributed by atoms with Crippen molar-refractivity contribution in [1.82, 2.24) is 10.2 Å². The zero-order chi connectivity index (χ0) is 15.4. The van der Waals surface area contributed by atoms with Gasteiger partial charge < -0.3 is 15.2 Å². The predicted molar refractivity (Wildman–Crippen MR) is 81.2 cm³/mol. The highest BCUT2D eigenvalue weighted by Crippen LogP contribution is 2.31. The first-order chi connectivity index (χ1) is 10.1. The molecule has 0 saturated heterocycles. The Morgan fingerprint density at radius 3 is 2.67 bits per heavy atom. The molecule has 0 saturated carbocycles. The molecule has 0 spiro atoms. The van der Waals surface area contributed by atoms with Gasteiger partial charge in [-0.15, -0.1) is 10.2 Å². The largest absolute Gasteiger partial charge is 0.497 e. The lowest BCUT2D eigenvalue weighted by Gasteiger charge is -2.11. The van der Waals surface area contributed by atoms with Crippen LogP contribution in [0.4, 0.5) is 10.8 Å². The highest BCUT2D eigenvalue weighted by molar-refractivity contribution is 7.15. The molecule has 8 heteroatoms. The van der Waals surface area contributed by atoms with E-state index < -0.39 is 0 Å². The van der Waals surface area contributed by atoms with Gasteiger partial charge in [-0.2, -0.15) is 0 Å². The molecule has 2 aromatic rings. The standard InChI is InChI=1S/C13H16N4O3S/c1-4-10-16-17-13(21-10)15-12(18)8-5-7(19-2)6-9(20-3)11(8)14/h5-6H,4,14H2,1-3H3,(H,15,17,18). The maximum Gasteiger partial charge on any atom is 0.259 e. The van der Waals surface area contributed by atoms with Gasteiger partial charge in [-0.1, -0.05) is 18.3 Å². The number of ether oxygens (including phenoxy) is 2. The minimum absolute atomic E-state index is 0.246. The van der Waals surface area contributed by atoms with Crippen LogP contribution in [0.25, 0.3) is 0 Å². The molecule has 0 aliphatic heterocycles. The summed E-state index contributed by atoms with van der Waals surface area (Å²) in [6.07, 6.45) is 0.767. The van der Waals surface area contributed by atoms with Crippen molar-refractivity contribution in [3.63, 3.8) is 0 Å². The second kappa shape index (κ2) is 6.40. The van der Waals surface area contributed by atoms with Gasteiger partial charge in [0.2, 0.25) is 5.13 Å². The number of nitrogens with two attached hydrogens (primary N) is 1. The van der Waals surface area contributed by atoms with Crippen molar-refractivity contribution in [2.24, 2.45) is 0 Å². The molecule has 0 aliphatic carbocycles. The third-order valence-corrected chi connectivity index (χ3v) is 3.79. The van der Waals surface area contributed by atoms with Gasteiger partial charge in [0.15, 0.2) is 0 Å². The second-order valence-corrected chi connectivity index (χ2v) is 5.16. The van der Waals surface area contributed by atoms with Crippen molar-refractivity contribution in [3.05, 3.63) is 22.7 Å². The third-order valence-electron chi connectivity index (χ3n) is 2.81. The first-order valence-corrected chi connectivity index (χ1v) is 7.05. The predicted octanol–water partition coefficient (Wildman–Crippen LogP) is 1.95. The number of hydrogen-bond donors (Lipinski definition) is 2. The van der Waals surface area contributed by atoms with Crippen molar-refractivity contribution in [1.29, 1.82) is 0 Å². The molecule has 1 aromatic heterocycles. The van der Waals surface area contributed by atoms with E-state index in [1.807, 2.05) is 6.92 Å². The van der Waals surface area contributed by atoms with Gasteiger partial charge in [-0.3, -0.25) is 10.1 Å². The Labute approximate surface area is 126 Å². The third kappa shape index (κ3) is 3.22. The highest BCUT2D eigenvalue weighted by Gasteiger charge is 2.17. The number of nitrogen functional groups attached to an aromatic ring is 1. The van der Waals surface area contributed by atoms with Crippen LogP contribution < -0.4 is 20.5 Å². The molecule has 0 fully saturated rings. The van der Waals surface area contributed by atoms with Crippen LogP contribution in [0.1, 0.15) is 22.3 Å².